The lowest BCUT2D eigenvalue weighted by atomic mass is 9.97. The van der Waals surface area contributed by atoms with Gasteiger partial charge >= 0.3 is 0 Å². The summed E-state index contributed by atoms with van der Waals surface area (Å²) in [5.41, 5.74) is 17.7. The van der Waals surface area contributed by atoms with E-state index in [1.165, 1.54) is 24.0 Å². The molecular weight excluding hydrogens is 627 g/mol. The van der Waals surface area contributed by atoms with Gasteiger partial charge in [-0.1, -0.05) is 59.6 Å². The average Bonchev–Trinajstić information content (AvgIpc) is 3.04. The van der Waals surface area contributed by atoms with E-state index in [0.29, 0.717) is 66.6 Å². The molecule has 2 heterocycles. The minimum absolute atomic E-state index is 0.0989. The predicted molar refractivity (Wildman–Crippen MR) is 182 cm³/mol. The van der Waals surface area contributed by atoms with Crippen molar-refractivity contribution in [2.45, 2.75) is 24.9 Å². The molecule has 2 aromatic heterocycles. The molecule has 46 heavy (non-hydrogen) atoms. The average molecular weight is 666 g/mol. The fourth-order valence-electron chi connectivity index (χ4n) is 4.93. The number of hydrogen-bond donors (Lipinski definition) is 2. The fraction of sp³-hybridized carbons (Fsp3) is 0.294. The molecule has 242 valence electrons. The number of ether oxygens (including phenoxy) is 2. The zero-order valence-corrected chi connectivity index (χ0v) is 28.2. The van der Waals surface area contributed by atoms with Gasteiger partial charge in [0.2, 0.25) is 23.6 Å². The summed E-state index contributed by atoms with van der Waals surface area (Å²) in [6.45, 7) is 0. The molecule has 0 radical (unpaired) electrons. The maximum Gasteiger partial charge on any atom is 0.223 e. The van der Waals surface area contributed by atoms with Gasteiger partial charge in [0.15, 0.2) is 0 Å². The number of rotatable bonds is 11. The zero-order valence-electron chi connectivity index (χ0n) is 26.7. The van der Waals surface area contributed by atoms with Gasteiger partial charge in [0, 0.05) is 86.5 Å². The van der Waals surface area contributed by atoms with Gasteiger partial charge in [-0.3, -0.25) is 9.59 Å². The number of benzene rings is 2. The van der Waals surface area contributed by atoms with Crippen molar-refractivity contribution >= 4 is 35.0 Å². The first-order valence-electron chi connectivity index (χ1n) is 14.5. The first kappa shape index (κ1) is 34.6. The maximum absolute atomic E-state index is 12.2. The molecule has 2 atom stereocenters. The molecule has 2 aromatic carbocycles. The van der Waals surface area contributed by atoms with Crippen LogP contribution >= 0.6 is 23.2 Å². The molecule has 0 saturated heterocycles. The van der Waals surface area contributed by atoms with Gasteiger partial charge in [-0.2, -0.15) is 0 Å². The monoisotopic (exact) mass is 664 g/mol. The quantitative estimate of drug-likeness (QED) is 0.207. The molecule has 0 unspecified atom stereocenters. The molecule has 2 amide bonds. The van der Waals surface area contributed by atoms with Crippen LogP contribution < -0.4 is 20.9 Å². The highest BCUT2D eigenvalue weighted by atomic mass is 35.5. The van der Waals surface area contributed by atoms with Crippen LogP contribution in [-0.2, 0) is 9.59 Å². The third kappa shape index (κ3) is 7.42. The van der Waals surface area contributed by atoms with Crippen LogP contribution in [0, 0.1) is 0 Å². The van der Waals surface area contributed by atoms with E-state index in [2.05, 4.69) is 9.97 Å². The number of halogens is 2. The van der Waals surface area contributed by atoms with Gasteiger partial charge in [-0.15, -0.1) is 0 Å². The summed E-state index contributed by atoms with van der Waals surface area (Å²) in [6.07, 6.45) is 0.226. The Hall–Kier alpha value is -4.22. The van der Waals surface area contributed by atoms with E-state index >= 15 is 0 Å². The van der Waals surface area contributed by atoms with Crippen LogP contribution in [0.3, 0.4) is 0 Å². The largest absolute Gasteiger partial charge is 0.481 e. The van der Waals surface area contributed by atoms with E-state index in [9.17, 15) is 9.59 Å². The van der Waals surface area contributed by atoms with Crippen LogP contribution in [0.15, 0.2) is 60.7 Å². The smallest absolute Gasteiger partial charge is 0.223 e. The number of nitrogens with two attached hydrogens (primary N) is 2. The van der Waals surface area contributed by atoms with Crippen molar-refractivity contribution in [1.29, 1.82) is 0 Å². The first-order chi connectivity index (χ1) is 21.9. The Balaban J connectivity index is 1.70. The van der Waals surface area contributed by atoms with E-state index in [0.717, 1.165) is 0 Å². The molecule has 0 spiro atoms. The molecule has 4 rings (SSSR count). The van der Waals surface area contributed by atoms with Gasteiger partial charge < -0.3 is 30.7 Å². The Bertz CT molecular complexity index is 1620. The molecule has 4 aromatic rings. The Kier molecular flexibility index (Phi) is 11.2. The second-order valence-electron chi connectivity index (χ2n) is 11.1. The van der Waals surface area contributed by atoms with E-state index < -0.39 is 12.1 Å². The highest BCUT2D eigenvalue weighted by Gasteiger charge is 2.22. The summed E-state index contributed by atoms with van der Waals surface area (Å²) in [4.78, 5) is 36.8. The van der Waals surface area contributed by atoms with Crippen molar-refractivity contribution in [2.75, 3.05) is 42.4 Å². The normalized spacial score (nSPS) is 12.3. The molecule has 0 aliphatic carbocycles. The van der Waals surface area contributed by atoms with Crippen molar-refractivity contribution < 1.29 is 19.1 Å². The third-order valence-electron chi connectivity index (χ3n) is 7.59. The van der Waals surface area contributed by atoms with Gasteiger partial charge in [0.05, 0.1) is 35.7 Å². The Labute approximate surface area is 279 Å². The number of aromatic nitrogens is 2. The highest BCUT2D eigenvalue weighted by Crippen LogP contribution is 2.43. The number of nitrogens with zero attached hydrogens (tertiary/aromatic N) is 4. The molecular formula is C34H38Cl2N6O4. The zero-order chi connectivity index (χ0) is 33.7. The third-order valence-corrected chi connectivity index (χ3v) is 8.41. The minimum atomic E-state index is -0.590. The van der Waals surface area contributed by atoms with Crippen LogP contribution in [0.5, 0.6) is 11.8 Å². The SMILES string of the molecule is COc1nc(-c2cccc(-c3cccc(-c4ccc([C@@H](N)CC(=O)N(C)C)c(OC)n4)c3Cl)c2Cl)ccc1[C@@H](N)CC(=O)N(C)C. The Morgan fingerprint density at radius 1 is 0.652 bits per heavy atom. The van der Waals surface area contributed by atoms with Gasteiger partial charge in [-0.05, 0) is 24.3 Å². The summed E-state index contributed by atoms with van der Waals surface area (Å²) in [5.74, 6) is 0.427. The summed E-state index contributed by atoms with van der Waals surface area (Å²) >= 11 is 14.0. The lowest BCUT2D eigenvalue weighted by Crippen LogP contribution is -2.26. The van der Waals surface area contributed by atoms with Crippen molar-refractivity contribution in [3.63, 3.8) is 0 Å². The van der Waals surface area contributed by atoms with E-state index in [1.807, 2.05) is 36.4 Å². The van der Waals surface area contributed by atoms with Gasteiger partial charge in [0.1, 0.15) is 0 Å². The van der Waals surface area contributed by atoms with Gasteiger partial charge in [0.25, 0.3) is 0 Å². The Morgan fingerprint density at radius 3 is 1.33 bits per heavy atom. The van der Waals surface area contributed by atoms with Crippen LogP contribution in [0.4, 0.5) is 0 Å². The molecule has 12 heteroatoms. The minimum Gasteiger partial charge on any atom is -0.481 e. The number of pyridine rings is 2. The molecule has 0 saturated carbocycles. The van der Waals surface area contributed by atoms with Crippen LogP contribution in [0.25, 0.3) is 33.6 Å². The number of carbonyl (C=O) groups is 2. The number of hydrogen-bond acceptors (Lipinski definition) is 8. The van der Waals surface area contributed by atoms with E-state index in [1.54, 1.807) is 52.5 Å². The fourth-order valence-corrected chi connectivity index (χ4v) is 5.58. The van der Waals surface area contributed by atoms with Crippen molar-refractivity contribution in [2.24, 2.45) is 11.5 Å². The molecule has 4 N–H and O–H groups in total. The molecule has 0 aliphatic heterocycles. The summed E-state index contributed by atoms with van der Waals surface area (Å²) in [6, 6.07) is 17.2. The molecule has 10 nitrogen and oxygen atoms in total. The first-order valence-corrected chi connectivity index (χ1v) is 15.2. The number of amides is 2. The predicted octanol–water partition coefficient (Wildman–Crippen LogP) is 5.76. The van der Waals surface area contributed by atoms with Crippen LogP contribution in [0.1, 0.15) is 36.1 Å². The Morgan fingerprint density at radius 2 is 1.00 bits per heavy atom. The van der Waals surface area contributed by atoms with Crippen molar-refractivity contribution in [3.05, 3.63) is 81.8 Å². The summed E-state index contributed by atoms with van der Waals surface area (Å²) in [7, 11) is 9.74. The summed E-state index contributed by atoms with van der Waals surface area (Å²) < 4.78 is 11.1. The molecule has 0 fully saturated rings. The summed E-state index contributed by atoms with van der Waals surface area (Å²) in [5, 5.41) is 0.877. The second kappa shape index (κ2) is 14.9. The standard InChI is InChI=1S/C34H38Cl2N6O4/c1-41(2)29(43)17-25(37)21-13-15-27(39-33(21)45-5)23-11-7-9-19(31(23)35)20-10-8-12-24(32(20)36)28-16-14-22(34(40-28)46-6)26(38)18-30(44)42(3)4/h7-16,25-26H,17-18,37-38H2,1-6H3/t25-,26-/m0/s1. The van der Waals surface area contributed by atoms with E-state index in [4.69, 9.17) is 44.1 Å². The lowest BCUT2D eigenvalue weighted by molar-refractivity contribution is -0.129. The van der Waals surface area contributed by atoms with Crippen molar-refractivity contribution in [3.8, 4) is 45.4 Å². The number of carbonyl (C=O) groups excluding carboxylic acids is 2. The topological polar surface area (TPSA) is 137 Å². The highest BCUT2D eigenvalue weighted by molar-refractivity contribution is 6.39. The lowest BCUT2D eigenvalue weighted by Gasteiger charge is -2.19. The molecule has 0 aliphatic rings. The van der Waals surface area contributed by atoms with Crippen LogP contribution in [0.2, 0.25) is 10.0 Å². The van der Waals surface area contributed by atoms with Gasteiger partial charge in [-0.25, -0.2) is 9.97 Å². The van der Waals surface area contributed by atoms with Crippen LogP contribution in [-0.4, -0.2) is 74.0 Å². The second-order valence-corrected chi connectivity index (χ2v) is 11.9. The number of methoxy groups -OCH3 is 2. The maximum atomic E-state index is 12.2. The molecule has 0 bridgehead atoms. The van der Waals surface area contributed by atoms with Crippen molar-refractivity contribution in [1.82, 2.24) is 19.8 Å². The van der Waals surface area contributed by atoms with E-state index in [-0.39, 0.29) is 24.7 Å².